The maximum Gasteiger partial charge on any atom is 0.222 e. The van der Waals surface area contributed by atoms with Crippen LogP contribution in [0.1, 0.15) is 24.8 Å². The van der Waals surface area contributed by atoms with Crippen molar-refractivity contribution in [3.05, 3.63) is 29.8 Å². The van der Waals surface area contributed by atoms with E-state index >= 15 is 0 Å². The van der Waals surface area contributed by atoms with Gasteiger partial charge < -0.3 is 15.4 Å². The lowest BCUT2D eigenvalue weighted by molar-refractivity contribution is -0.130. The summed E-state index contributed by atoms with van der Waals surface area (Å²) in [6, 6.07) is 8.10. The molecule has 3 rings (SSSR count). The fraction of sp³-hybridized carbons (Fsp3) is 0.588. The van der Waals surface area contributed by atoms with Gasteiger partial charge in [0.05, 0.1) is 7.11 Å². The average Bonchev–Trinajstić information content (AvgIpc) is 3.27. The highest BCUT2D eigenvalue weighted by atomic mass is 16.5. The van der Waals surface area contributed by atoms with Crippen molar-refractivity contribution >= 4 is 5.91 Å². The van der Waals surface area contributed by atoms with E-state index in [0.29, 0.717) is 12.3 Å². The van der Waals surface area contributed by atoms with Gasteiger partial charge in [0, 0.05) is 25.6 Å². The molecule has 2 aliphatic rings. The van der Waals surface area contributed by atoms with Crippen LogP contribution in [0.2, 0.25) is 0 Å². The highest BCUT2D eigenvalue weighted by molar-refractivity contribution is 5.77. The molecule has 1 aromatic carbocycles. The molecule has 1 aliphatic carbocycles. The fourth-order valence-corrected chi connectivity index (χ4v) is 3.32. The van der Waals surface area contributed by atoms with Crippen LogP contribution in [0.5, 0.6) is 5.75 Å². The number of carbonyl (C=O) groups excluding carboxylic acids is 1. The minimum Gasteiger partial charge on any atom is -0.497 e. The van der Waals surface area contributed by atoms with Crippen LogP contribution in [0, 0.1) is 11.8 Å². The van der Waals surface area contributed by atoms with Crippen molar-refractivity contribution in [3.8, 4) is 5.75 Å². The molecule has 0 unspecified atom stereocenters. The van der Waals surface area contributed by atoms with Crippen LogP contribution in [-0.2, 0) is 11.2 Å². The zero-order valence-corrected chi connectivity index (χ0v) is 12.6. The molecule has 0 bridgehead atoms. The Morgan fingerprint density at radius 1 is 1.38 bits per heavy atom. The van der Waals surface area contributed by atoms with E-state index in [1.54, 1.807) is 7.11 Å². The second-order valence-corrected chi connectivity index (χ2v) is 6.32. The molecule has 0 aromatic heterocycles. The normalized spacial score (nSPS) is 25.1. The van der Waals surface area contributed by atoms with E-state index in [2.05, 4.69) is 0 Å². The van der Waals surface area contributed by atoms with Crippen molar-refractivity contribution in [2.24, 2.45) is 17.6 Å². The van der Waals surface area contributed by atoms with Gasteiger partial charge in [-0.1, -0.05) is 12.1 Å². The van der Waals surface area contributed by atoms with Crippen molar-refractivity contribution in [1.29, 1.82) is 0 Å². The minimum atomic E-state index is 0.179. The minimum absolute atomic E-state index is 0.179. The number of amides is 1. The number of aryl methyl sites for hydroxylation is 1. The van der Waals surface area contributed by atoms with Crippen LogP contribution in [0.25, 0.3) is 0 Å². The Labute approximate surface area is 126 Å². The van der Waals surface area contributed by atoms with Gasteiger partial charge in [0.1, 0.15) is 5.75 Å². The highest BCUT2D eigenvalue weighted by Crippen LogP contribution is 2.40. The van der Waals surface area contributed by atoms with Gasteiger partial charge in [-0.05, 0) is 48.8 Å². The smallest absolute Gasteiger partial charge is 0.222 e. The number of nitrogens with zero attached hydrogens (tertiary/aromatic N) is 1. The van der Waals surface area contributed by atoms with Crippen LogP contribution in [0.4, 0.5) is 0 Å². The first-order chi connectivity index (χ1) is 10.2. The Balaban J connectivity index is 1.52. The van der Waals surface area contributed by atoms with Crippen molar-refractivity contribution in [3.63, 3.8) is 0 Å². The Bertz CT molecular complexity index is 513. The molecule has 114 valence electrons. The van der Waals surface area contributed by atoms with Crippen molar-refractivity contribution in [2.45, 2.75) is 31.7 Å². The highest BCUT2D eigenvalue weighted by Gasteiger charge is 2.41. The third-order valence-electron chi connectivity index (χ3n) is 4.75. The van der Waals surface area contributed by atoms with E-state index < -0.39 is 0 Å². The first-order valence-electron chi connectivity index (χ1n) is 7.83. The first-order valence-corrected chi connectivity index (χ1v) is 7.83. The molecule has 1 saturated carbocycles. The van der Waals surface area contributed by atoms with E-state index in [1.165, 1.54) is 12.8 Å². The second kappa shape index (κ2) is 6.06. The maximum atomic E-state index is 12.3. The van der Waals surface area contributed by atoms with Crippen LogP contribution >= 0.6 is 0 Å². The molecule has 21 heavy (non-hydrogen) atoms. The topological polar surface area (TPSA) is 55.6 Å². The van der Waals surface area contributed by atoms with E-state index in [9.17, 15) is 4.79 Å². The van der Waals surface area contributed by atoms with Gasteiger partial charge in [0.2, 0.25) is 5.91 Å². The SMILES string of the molecule is COc1cccc(CCC(=O)N2C[C@H](C3CC3)[C@@H](N)C2)c1. The van der Waals surface area contributed by atoms with E-state index in [0.717, 1.165) is 36.7 Å². The summed E-state index contributed by atoms with van der Waals surface area (Å²) in [5.74, 6) is 2.38. The van der Waals surface area contributed by atoms with Crippen LogP contribution in [-0.4, -0.2) is 37.0 Å². The van der Waals surface area contributed by atoms with Crippen LogP contribution in [0.3, 0.4) is 0 Å². The summed E-state index contributed by atoms with van der Waals surface area (Å²) >= 11 is 0. The van der Waals surface area contributed by atoms with E-state index in [-0.39, 0.29) is 11.9 Å². The molecule has 1 heterocycles. The predicted octanol–water partition coefficient (Wildman–Crippen LogP) is 1.82. The monoisotopic (exact) mass is 288 g/mol. The summed E-state index contributed by atoms with van der Waals surface area (Å²) in [4.78, 5) is 14.3. The zero-order valence-electron chi connectivity index (χ0n) is 12.6. The van der Waals surface area contributed by atoms with Gasteiger partial charge >= 0.3 is 0 Å². The number of rotatable bonds is 5. The lowest BCUT2D eigenvalue weighted by atomic mass is 9.99. The fourth-order valence-electron chi connectivity index (χ4n) is 3.32. The summed E-state index contributed by atoms with van der Waals surface area (Å²) in [5, 5.41) is 0. The molecule has 1 aliphatic heterocycles. The molecule has 0 spiro atoms. The molecule has 1 amide bonds. The molecule has 2 N–H and O–H groups in total. The molecule has 1 saturated heterocycles. The lowest BCUT2D eigenvalue weighted by Crippen LogP contribution is -2.32. The summed E-state index contributed by atoms with van der Waals surface area (Å²) in [5.41, 5.74) is 7.33. The predicted molar refractivity (Wildman–Crippen MR) is 82.1 cm³/mol. The van der Waals surface area contributed by atoms with E-state index in [1.807, 2.05) is 29.2 Å². The number of methoxy groups -OCH3 is 1. The zero-order chi connectivity index (χ0) is 14.8. The summed E-state index contributed by atoms with van der Waals surface area (Å²) in [7, 11) is 1.66. The number of ether oxygens (including phenoxy) is 1. The van der Waals surface area contributed by atoms with Gasteiger partial charge in [-0.2, -0.15) is 0 Å². The molecular weight excluding hydrogens is 264 g/mol. The van der Waals surface area contributed by atoms with Gasteiger partial charge in [-0.25, -0.2) is 0 Å². The number of nitrogens with two attached hydrogens (primary N) is 1. The molecule has 2 atom stereocenters. The summed E-state index contributed by atoms with van der Waals surface area (Å²) in [6.07, 6.45) is 3.90. The maximum absolute atomic E-state index is 12.3. The van der Waals surface area contributed by atoms with Gasteiger partial charge in [-0.3, -0.25) is 4.79 Å². The largest absolute Gasteiger partial charge is 0.497 e. The standard InChI is InChI=1S/C17H24N2O2/c1-21-14-4-2-3-12(9-14)5-8-17(20)19-10-15(13-6-7-13)16(18)11-19/h2-4,9,13,15-16H,5-8,10-11,18H2,1H3/t15-,16+/m1/s1. The Kier molecular flexibility index (Phi) is 4.15. The van der Waals surface area contributed by atoms with Crippen LogP contribution < -0.4 is 10.5 Å². The molecule has 1 aromatic rings. The molecule has 0 radical (unpaired) electrons. The molecule has 4 nitrogen and oxygen atoms in total. The van der Waals surface area contributed by atoms with Gasteiger partial charge in [0.25, 0.3) is 0 Å². The Morgan fingerprint density at radius 2 is 2.19 bits per heavy atom. The van der Waals surface area contributed by atoms with Crippen molar-refractivity contribution in [1.82, 2.24) is 4.90 Å². The number of likely N-dealkylation sites (tertiary alicyclic amines) is 1. The summed E-state index contributed by atoms with van der Waals surface area (Å²) < 4.78 is 5.21. The molecular formula is C17H24N2O2. The van der Waals surface area contributed by atoms with E-state index in [4.69, 9.17) is 10.5 Å². The Morgan fingerprint density at radius 3 is 2.90 bits per heavy atom. The third-order valence-corrected chi connectivity index (χ3v) is 4.75. The molecule has 4 heteroatoms. The number of benzene rings is 1. The summed E-state index contributed by atoms with van der Waals surface area (Å²) in [6.45, 7) is 1.60. The van der Waals surface area contributed by atoms with Crippen molar-refractivity contribution < 1.29 is 9.53 Å². The first kappa shape index (κ1) is 14.4. The van der Waals surface area contributed by atoms with Gasteiger partial charge in [-0.15, -0.1) is 0 Å². The molecule has 2 fully saturated rings. The number of carbonyl (C=O) groups is 1. The average molecular weight is 288 g/mol. The van der Waals surface area contributed by atoms with Gasteiger partial charge in [0.15, 0.2) is 0 Å². The number of hydrogen-bond donors (Lipinski definition) is 1. The Hall–Kier alpha value is -1.55. The van der Waals surface area contributed by atoms with Crippen molar-refractivity contribution in [2.75, 3.05) is 20.2 Å². The quantitative estimate of drug-likeness (QED) is 0.899. The second-order valence-electron chi connectivity index (χ2n) is 6.32. The van der Waals surface area contributed by atoms with Crippen LogP contribution in [0.15, 0.2) is 24.3 Å². The lowest BCUT2D eigenvalue weighted by Gasteiger charge is -2.16. The number of hydrogen-bond acceptors (Lipinski definition) is 3. The third kappa shape index (κ3) is 3.38.